The molecule has 0 aliphatic rings. The molecular weight excluding hydrogens is 629 g/mol. The molecule has 0 rings (SSSR count). The molecule has 1 N–H and O–H groups in total. The predicted molar refractivity (Wildman–Crippen MR) is 155 cm³/mol. The Bertz CT molecular complexity index is 622. The summed E-state index contributed by atoms with van der Waals surface area (Å²) in [5.41, 5.74) is 0. The van der Waals surface area contributed by atoms with Crippen LogP contribution in [-0.4, -0.2) is 78.8 Å². The molecule has 0 bridgehead atoms. The topological polar surface area (TPSA) is 105 Å². The number of nitrogens with zero attached hydrogens (tertiary/aromatic N) is 1. The third-order valence-electron chi connectivity index (χ3n) is 6.02. The molecule has 0 heterocycles. The number of ether oxygens (including phenoxy) is 1. The van der Waals surface area contributed by atoms with Gasteiger partial charge in [-0.1, -0.05) is 103 Å². The minimum Gasteiger partial charge on any atom is -0.756 e. The van der Waals surface area contributed by atoms with Gasteiger partial charge in [0.1, 0.15) is 19.3 Å². The summed E-state index contributed by atoms with van der Waals surface area (Å²) in [5.74, 6) is -0.466. The first kappa shape index (κ1) is 37.5. The van der Waals surface area contributed by atoms with Crippen molar-refractivity contribution in [3.8, 4) is 0 Å². The number of hydrogen-bond donors (Lipinski definition) is 1. The third kappa shape index (κ3) is 24.0. The van der Waals surface area contributed by atoms with Gasteiger partial charge >= 0.3 is 5.97 Å². The van der Waals surface area contributed by atoms with Crippen LogP contribution in [0.15, 0.2) is 0 Å². The maximum absolute atomic E-state index is 12.1. The number of esters is 1. The second kappa shape index (κ2) is 22.2. The average molecular weight is 681 g/mol. The molecule has 0 aliphatic heterocycles. The molecule has 0 amide bonds. The van der Waals surface area contributed by atoms with E-state index in [1.807, 2.05) is 21.1 Å². The quantitative estimate of drug-likeness (QED) is 0.0408. The number of carbonyl (C=O) groups excluding carboxylic acids is 1. The van der Waals surface area contributed by atoms with Crippen molar-refractivity contribution in [2.24, 2.45) is 0 Å². The molecule has 0 spiro atoms. The van der Waals surface area contributed by atoms with E-state index in [4.69, 9.17) is 13.8 Å². The van der Waals surface area contributed by atoms with Crippen molar-refractivity contribution in [2.75, 3.05) is 47.5 Å². The average Bonchev–Trinajstić information content (AvgIpc) is 2.81. The largest absolute Gasteiger partial charge is 0.756 e. The highest BCUT2D eigenvalue weighted by Crippen LogP contribution is 2.38. The highest BCUT2D eigenvalue weighted by atomic mass is 79.9. The summed E-state index contributed by atoms with van der Waals surface area (Å²) in [5, 5.41) is 9.40. The van der Waals surface area contributed by atoms with Crippen molar-refractivity contribution in [3.63, 3.8) is 0 Å². The van der Waals surface area contributed by atoms with Crippen molar-refractivity contribution in [3.05, 3.63) is 0 Å². The van der Waals surface area contributed by atoms with Gasteiger partial charge in [-0.05, 0) is 19.3 Å². The number of aliphatic hydroxyl groups is 1. The Morgan fingerprint density at radius 1 is 0.892 bits per heavy atom. The number of halogens is 2. The van der Waals surface area contributed by atoms with Crippen molar-refractivity contribution >= 4 is 45.7 Å². The molecule has 0 aromatic rings. The van der Waals surface area contributed by atoms with Crippen LogP contribution in [-0.2, 0) is 23.1 Å². The molecule has 37 heavy (non-hydrogen) atoms. The van der Waals surface area contributed by atoms with Gasteiger partial charge in [-0.25, -0.2) is 0 Å². The molecule has 4 atom stereocenters. The SMILES string of the molecule is CCCCCCCCC(Br)C(Br)CCCCCCCC(=O)O[C@H](CO)COP(=O)([O-])OCC[N+](C)(C)C. The summed E-state index contributed by atoms with van der Waals surface area (Å²) in [6.07, 6.45) is 14.4. The molecule has 0 aromatic heterocycles. The standard InChI is InChI=1S/C26H52Br2NO7P/c1-5-6-7-8-10-13-16-24(27)25(28)17-14-11-9-12-15-18-26(31)36-23(21-30)22-35-37(32,33)34-20-19-29(2,3)4/h23-25,30H,5-22H2,1-4H3/t23-,24?,25?/m1/s1. The lowest BCUT2D eigenvalue weighted by molar-refractivity contribution is -0.870. The summed E-state index contributed by atoms with van der Waals surface area (Å²) >= 11 is 7.67. The zero-order valence-corrected chi connectivity index (χ0v) is 27.6. The molecule has 0 saturated carbocycles. The molecule has 0 radical (unpaired) electrons. The summed E-state index contributed by atoms with van der Waals surface area (Å²) in [6.45, 7) is 1.73. The highest BCUT2D eigenvalue weighted by Gasteiger charge is 2.19. The fraction of sp³-hybridized carbons (Fsp3) is 0.962. The number of likely N-dealkylation sites (N-methyl/N-ethyl adjacent to an activating group) is 1. The number of rotatable bonds is 25. The van der Waals surface area contributed by atoms with Gasteiger partial charge in [-0.2, -0.15) is 0 Å². The van der Waals surface area contributed by atoms with E-state index in [0.717, 1.165) is 32.1 Å². The Morgan fingerprint density at radius 2 is 1.41 bits per heavy atom. The number of alkyl halides is 2. The van der Waals surface area contributed by atoms with Gasteiger partial charge in [-0.3, -0.25) is 9.36 Å². The Hall–Kier alpha value is 0.460. The van der Waals surface area contributed by atoms with Crippen LogP contribution >= 0.6 is 39.7 Å². The predicted octanol–water partition coefficient (Wildman–Crippen LogP) is 6.11. The molecular formula is C26H52Br2NO7P. The minimum absolute atomic E-state index is 0.0138. The number of aliphatic hydroxyl groups excluding tert-OH is 1. The van der Waals surface area contributed by atoms with Gasteiger partial charge in [0.2, 0.25) is 0 Å². The lowest BCUT2D eigenvalue weighted by atomic mass is 10.0. The van der Waals surface area contributed by atoms with Crippen molar-refractivity contribution in [1.29, 1.82) is 0 Å². The van der Waals surface area contributed by atoms with Crippen molar-refractivity contribution in [1.82, 2.24) is 0 Å². The smallest absolute Gasteiger partial charge is 0.306 e. The van der Waals surface area contributed by atoms with Gasteiger partial charge in [-0.15, -0.1) is 0 Å². The van der Waals surface area contributed by atoms with Crippen molar-refractivity contribution < 1.29 is 37.6 Å². The maximum atomic E-state index is 12.1. The summed E-state index contributed by atoms with van der Waals surface area (Å²) in [6, 6.07) is 0. The lowest BCUT2D eigenvalue weighted by Crippen LogP contribution is -2.37. The Labute approximate surface area is 242 Å². The lowest BCUT2D eigenvalue weighted by Gasteiger charge is -2.28. The van der Waals surface area contributed by atoms with Gasteiger partial charge in [0, 0.05) is 16.1 Å². The second-order valence-electron chi connectivity index (χ2n) is 10.8. The van der Waals surface area contributed by atoms with Gasteiger partial charge in [0.15, 0.2) is 0 Å². The molecule has 0 aliphatic carbocycles. The molecule has 0 aromatic carbocycles. The minimum atomic E-state index is -4.52. The molecule has 0 saturated heterocycles. The Morgan fingerprint density at radius 3 is 1.92 bits per heavy atom. The van der Waals surface area contributed by atoms with E-state index in [1.54, 1.807) is 0 Å². The van der Waals surface area contributed by atoms with E-state index in [9.17, 15) is 19.4 Å². The number of hydrogen-bond acceptors (Lipinski definition) is 7. The number of carbonyl (C=O) groups is 1. The zero-order chi connectivity index (χ0) is 28.2. The first-order valence-electron chi connectivity index (χ1n) is 13.9. The molecule has 0 fully saturated rings. The number of phosphoric ester groups is 1. The molecule has 11 heteroatoms. The highest BCUT2D eigenvalue weighted by molar-refractivity contribution is 9.12. The van der Waals surface area contributed by atoms with Gasteiger partial charge in [0.25, 0.3) is 7.82 Å². The monoisotopic (exact) mass is 679 g/mol. The van der Waals surface area contributed by atoms with E-state index in [1.165, 1.54) is 44.9 Å². The van der Waals surface area contributed by atoms with Crippen LogP contribution in [0.4, 0.5) is 0 Å². The van der Waals surface area contributed by atoms with Crippen LogP contribution in [0, 0.1) is 0 Å². The fourth-order valence-electron chi connectivity index (χ4n) is 3.63. The van der Waals surface area contributed by atoms with Gasteiger partial charge in [0.05, 0.1) is 34.4 Å². The summed E-state index contributed by atoms with van der Waals surface area (Å²) in [4.78, 5) is 24.9. The van der Waals surface area contributed by atoms with E-state index in [0.29, 0.717) is 27.1 Å². The van der Waals surface area contributed by atoms with Crippen LogP contribution in [0.5, 0.6) is 0 Å². The third-order valence-corrected chi connectivity index (χ3v) is 9.88. The molecule has 222 valence electrons. The first-order valence-corrected chi connectivity index (χ1v) is 17.2. The van der Waals surface area contributed by atoms with Crippen LogP contribution in [0.25, 0.3) is 0 Å². The molecule has 8 nitrogen and oxygen atoms in total. The fourth-order valence-corrected chi connectivity index (χ4v) is 5.53. The van der Waals surface area contributed by atoms with E-state index in [2.05, 4.69) is 38.8 Å². The Balaban J connectivity index is 3.88. The first-order chi connectivity index (χ1) is 17.4. The zero-order valence-electron chi connectivity index (χ0n) is 23.5. The van der Waals surface area contributed by atoms with E-state index in [-0.39, 0.29) is 13.0 Å². The van der Waals surface area contributed by atoms with E-state index < -0.39 is 33.1 Å². The number of quaternary nitrogens is 1. The summed E-state index contributed by atoms with van der Waals surface area (Å²) < 4.78 is 27.1. The van der Waals surface area contributed by atoms with Crippen LogP contribution < -0.4 is 4.89 Å². The maximum Gasteiger partial charge on any atom is 0.306 e. The van der Waals surface area contributed by atoms with Gasteiger partial charge < -0.3 is 28.3 Å². The molecule has 3 unspecified atom stereocenters. The Kier molecular flexibility index (Phi) is 22.5. The second-order valence-corrected chi connectivity index (χ2v) is 14.5. The summed E-state index contributed by atoms with van der Waals surface area (Å²) in [7, 11) is 1.22. The van der Waals surface area contributed by atoms with Crippen LogP contribution in [0.2, 0.25) is 0 Å². The number of phosphoric acid groups is 1. The van der Waals surface area contributed by atoms with Crippen LogP contribution in [0.1, 0.15) is 96.8 Å². The van der Waals surface area contributed by atoms with Crippen LogP contribution in [0.3, 0.4) is 0 Å². The normalized spacial score (nSPS) is 16.2. The van der Waals surface area contributed by atoms with Crippen molar-refractivity contribution in [2.45, 2.75) is 113 Å². The van der Waals surface area contributed by atoms with E-state index >= 15 is 0 Å². The number of unbranched alkanes of at least 4 members (excludes halogenated alkanes) is 9.